The van der Waals surface area contributed by atoms with Crippen LogP contribution in [-0.4, -0.2) is 7.11 Å². The molecule has 18 heavy (non-hydrogen) atoms. The first-order valence-electron chi connectivity index (χ1n) is 5.36. The minimum absolute atomic E-state index is 0. The van der Waals surface area contributed by atoms with E-state index in [0.29, 0.717) is 0 Å². The van der Waals surface area contributed by atoms with Crippen LogP contribution >= 0.6 is 28.3 Å². The molecule has 0 aromatic heterocycles. The van der Waals surface area contributed by atoms with Crippen LogP contribution in [-0.2, 0) is 0 Å². The van der Waals surface area contributed by atoms with E-state index < -0.39 is 0 Å². The molecule has 0 aliphatic heterocycles. The van der Waals surface area contributed by atoms with E-state index in [1.807, 2.05) is 48.5 Å². The van der Waals surface area contributed by atoms with Crippen molar-refractivity contribution < 1.29 is 4.74 Å². The van der Waals surface area contributed by atoms with Crippen molar-refractivity contribution in [2.75, 3.05) is 7.11 Å². The van der Waals surface area contributed by atoms with Gasteiger partial charge < -0.3 is 10.5 Å². The summed E-state index contributed by atoms with van der Waals surface area (Å²) in [6, 6.07) is 15.8. The van der Waals surface area contributed by atoms with E-state index in [2.05, 4.69) is 15.9 Å². The van der Waals surface area contributed by atoms with Crippen molar-refractivity contribution >= 4 is 28.3 Å². The highest BCUT2D eigenvalue weighted by molar-refractivity contribution is 9.10. The number of benzene rings is 2. The number of nitrogens with two attached hydrogens (primary N) is 1. The molecule has 0 heterocycles. The van der Waals surface area contributed by atoms with E-state index in [4.69, 9.17) is 10.5 Å². The van der Waals surface area contributed by atoms with Gasteiger partial charge in [0.15, 0.2) is 0 Å². The summed E-state index contributed by atoms with van der Waals surface area (Å²) in [7, 11) is 1.65. The Morgan fingerprint density at radius 3 is 2.28 bits per heavy atom. The highest BCUT2D eigenvalue weighted by Gasteiger charge is 2.10. The van der Waals surface area contributed by atoms with Gasteiger partial charge in [0.1, 0.15) is 5.75 Å². The fraction of sp³-hybridized carbons (Fsp3) is 0.143. The van der Waals surface area contributed by atoms with Gasteiger partial charge in [0.25, 0.3) is 0 Å². The smallest absolute Gasteiger partial charge is 0.133 e. The molecule has 96 valence electrons. The molecule has 0 bridgehead atoms. The molecule has 1 atom stereocenters. The summed E-state index contributed by atoms with van der Waals surface area (Å²) in [4.78, 5) is 0. The zero-order chi connectivity index (χ0) is 12.3. The average Bonchev–Trinajstić information content (AvgIpc) is 2.39. The van der Waals surface area contributed by atoms with Crippen molar-refractivity contribution in [1.82, 2.24) is 0 Å². The van der Waals surface area contributed by atoms with Crippen molar-refractivity contribution in [2.45, 2.75) is 6.04 Å². The van der Waals surface area contributed by atoms with E-state index in [0.717, 1.165) is 21.3 Å². The number of methoxy groups -OCH3 is 1. The standard InChI is InChI=1S/C14H14BrNO.ClH/c1-17-13-8-7-11(9-12(13)15)14(16)10-5-3-2-4-6-10;/h2-9,14H,16H2,1H3;1H. The Hall–Kier alpha value is -1.03. The van der Waals surface area contributed by atoms with Gasteiger partial charge in [0.05, 0.1) is 17.6 Å². The lowest BCUT2D eigenvalue weighted by atomic mass is 10.00. The van der Waals surface area contributed by atoms with Crippen molar-refractivity contribution in [3.05, 3.63) is 64.1 Å². The normalized spacial score (nSPS) is 11.5. The summed E-state index contributed by atoms with van der Waals surface area (Å²) in [6.07, 6.45) is 0. The molecule has 0 aliphatic rings. The Balaban J connectivity index is 0.00000162. The molecule has 0 amide bonds. The van der Waals surface area contributed by atoms with Gasteiger partial charge in [-0.25, -0.2) is 0 Å². The maximum atomic E-state index is 6.22. The maximum Gasteiger partial charge on any atom is 0.133 e. The number of hydrogen-bond donors (Lipinski definition) is 1. The summed E-state index contributed by atoms with van der Waals surface area (Å²) in [5.41, 5.74) is 8.38. The first-order chi connectivity index (χ1) is 8.22. The molecule has 0 spiro atoms. The van der Waals surface area contributed by atoms with Crippen LogP contribution in [0.15, 0.2) is 53.0 Å². The van der Waals surface area contributed by atoms with Crippen LogP contribution in [0.3, 0.4) is 0 Å². The van der Waals surface area contributed by atoms with Crippen LogP contribution in [0.5, 0.6) is 5.75 Å². The number of ether oxygens (including phenoxy) is 1. The zero-order valence-corrected chi connectivity index (χ0v) is 12.4. The summed E-state index contributed by atoms with van der Waals surface area (Å²) in [5.74, 6) is 0.814. The van der Waals surface area contributed by atoms with Crippen LogP contribution in [0.25, 0.3) is 0 Å². The quantitative estimate of drug-likeness (QED) is 0.926. The third-order valence-corrected chi connectivity index (χ3v) is 3.31. The first-order valence-corrected chi connectivity index (χ1v) is 6.15. The summed E-state index contributed by atoms with van der Waals surface area (Å²) >= 11 is 3.47. The zero-order valence-electron chi connectivity index (χ0n) is 9.97. The predicted octanol–water partition coefficient (Wildman–Crippen LogP) is 3.93. The molecule has 2 aromatic carbocycles. The number of hydrogen-bond acceptors (Lipinski definition) is 2. The monoisotopic (exact) mass is 327 g/mol. The van der Waals surface area contributed by atoms with Gasteiger partial charge >= 0.3 is 0 Å². The van der Waals surface area contributed by atoms with Gasteiger partial charge in [-0.1, -0.05) is 36.4 Å². The third kappa shape index (κ3) is 3.25. The van der Waals surface area contributed by atoms with Gasteiger partial charge in [-0.2, -0.15) is 0 Å². The average molecular weight is 329 g/mol. The van der Waals surface area contributed by atoms with Crippen LogP contribution in [0.4, 0.5) is 0 Å². The second-order valence-electron chi connectivity index (χ2n) is 3.78. The molecule has 1 unspecified atom stereocenters. The summed E-state index contributed by atoms with van der Waals surface area (Å²) < 4.78 is 6.12. The molecule has 2 nitrogen and oxygen atoms in total. The van der Waals surface area contributed by atoms with Crippen LogP contribution in [0, 0.1) is 0 Å². The first kappa shape index (κ1) is 15.0. The van der Waals surface area contributed by atoms with Crippen molar-refractivity contribution in [2.24, 2.45) is 5.73 Å². The third-order valence-electron chi connectivity index (χ3n) is 2.69. The second-order valence-corrected chi connectivity index (χ2v) is 4.64. The molecule has 2 N–H and O–H groups in total. The maximum absolute atomic E-state index is 6.22. The lowest BCUT2D eigenvalue weighted by molar-refractivity contribution is 0.412. The van der Waals surface area contributed by atoms with Gasteiger partial charge in [-0.15, -0.1) is 12.4 Å². The molecule has 0 radical (unpaired) electrons. The topological polar surface area (TPSA) is 35.2 Å². The largest absolute Gasteiger partial charge is 0.496 e. The Labute approximate surface area is 122 Å². The molecule has 0 aliphatic carbocycles. The van der Waals surface area contributed by atoms with E-state index in [1.54, 1.807) is 7.11 Å². The van der Waals surface area contributed by atoms with Crippen LogP contribution < -0.4 is 10.5 Å². The van der Waals surface area contributed by atoms with Crippen molar-refractivity contribution in [3.63, 3.8) is 0 Å². The molecular weight excluding hydrogens is 314 g/mol. The van der Waals surface area contributed by atoms with Gasteiger partial charge in [-0.3, -0.25) is 0 Å². The van der Waals surface area contributed by atoms with E-state index in [-0.39, 0.29) is 18.4 Å². The molecule has 0 saturated carbocycles. The highest BCUT2D eigenvalue weighted by Crippen LogP contribution is 2.29. The van der Waals surface area contributed by atoms with E-state index in [9.17, 15) is 0 Å². The molecule has 0 saturated heterocycles. The molecule has 2 aromatic rings. The van der Waals surface area contributed by atoms with Crippen molar-refractivity contribution in [3.8, 4) is 5.75 Å². The minimum atomic E-state index is -0.113. The fourth-order valence-electron chi connectivity index (χ4n) is 1.73. The highest BCUT2D eigenvalue weighted by atomic mass is 79.9. The summed E-state index contributed by atoms with van der Waals surface area (Å²) in [5, 5.41) is 0. The van der Waals surface area contributed by atoms with Crippen LogP contribution in [0.1, 0.15) is 17.2 Å². The Kier molecular flexibility index (Phi) is 5.66. The van der Waals surface area contributed by atoms with Crippen LogP contribution in [0.2, 0.25) is 0 Å². The molecule has 0 fully saturated rings. The molecular formula is C14H15BrClNO. The molecule has 2 rings (SSSR count). The lowest BCUT2D eigenvalue weighted by Crippen LogP contribution is -2.11. The SMILES string of the molecule is COc1ccc(C(N)c2ccccc2)cc1Br.Cl. The lowest BCUT2D eigenvalue weighted by Gasteiger charge is -2.14. The molecule has 4 heteroatoms. The number of rotatable bonds is 3. The van der Waals surface area contributed by atoms with Gasteiger partial charge in [0.2, 0.25) is 0 Å². The Morgan fingerprint density at radius 1 is 1.06 bits per heavy atom. The number of halogens is 2. The summed E-state index contributed by atoms with van der Waals surface area (Å²) in [6.45, 7) is 0. The van der Waals surface area contributed by atoms with Gasteiger partial charge in [-0.05, 0) is 39.2 Å². The van der Waals surface area contributed by atoms with E-state index >= 15 is 0 Å². The van der Waals surface area contributed by atoms with Gasteiger partial charge in [0, 0.05) is 0 Å². The second kappa shape index (κ2) is 6.78. The Bertz CT molecular complexity index is 504. The minimum Gasteiger partial charge on any atom is -0.496 e. The predicted molar refractivity (Wildman–Crippen MR) is 80.4 cm³/mol. The van der Waals surface area contributed by atoms with E-state index in [1.165, 1.54) is 0 Å². The fourth-order valence-corrected chi connectivity index (χ4v) is 2.29. The Morgan fingerprint density at radius 2 is 1.72 bits per heavy atom. The van der Waals surface area contributed by atoms with Crippen molar-refractivity contribution in [1.29, 1.82) is 0 Å².